The number of carbonyl (C=O) groups is 4. The minimum atomic E-state index is -1.67. The summed E-state index contributed by atoms with van der Waals surface area (Å²) in [5.74, 6) is -5.75. The van der Waals surface area contributed by atoms with E-state index in [4.69, 9.17) is 0 Å². The second-order valence-corrected chi connectivity index (χ2v) is 8.88. The molecule has 4 aromatic rings. The number of ketones is 1. The lowest BCUT2D eigenvalue weighted by atomic mass is 9.92. The van der Waals surface area contributed by atoms with Crippen molar-refractivity contribution in [2.45, 2.75) is 0 Å². The third-order valence-corrected chi connectivity index (χ3v) is 6.48. The molecule has 0 unspecified atom stereocenters. The topological polar surface area (TPSA) is 152 Å². The lowest BCUT2D eigenvalue weighted by Gasteiger charge is -2.12. The third-order valence-electron chi connectivity index (χ3n) is 5.52. The zero-order chi connectivity index (χ0) is 26.1. The van der Waals surface area contributed by atoms with E-state index in [-0.39, 0.29) is 22.1 Å². The predicted octanol–water partition coefficient (Wildman–Crippen LogP) is 3.42. The fraction of sp³-hybridized carbons (Fsp3) is 0.0400. The molecule has 1 N–H and O–H groups in total. The number of anilines is 1. The molecule has 0 fully saturated rings. The maximum atomic E-state index is 13.3. The summed E-state index contributed by atoms with van der Waals surface area (Å²) in [6.45, 7) is 0. The number of nitrogens with zero attached hydrogens (tertiary/aromatic N) is 4. The van der Waals surface area contributed by atoms with E-state index in [0.29, 0.717) is 16.1 Å². The van der Waals surface area contributed by atoms with Gasteiger partial charge in [0.1, 0.15) is 0 Å². The fourth-order valence-electron chi connectivity index (χ4n) is 3.73. The number of Topliss-reactive ketones (excluding diaryl/α,β-unsaturated/α-hetero) is 1. The Morgan fingerprint density at radius 3 is 2.30 bits per heavy atom. The largest absolute Gasteiger partial charge is 0.295 e. The van der Waals surface area contributed by atoms with Crippen molar-refractivity contribution in [3.8, 4) is 0 Å². The van der Waals surface area contributed by atoms with Crippen LogP contribution < -0.4 is 5.32 Å². The summed E-state index contributed by atoms with van der Waals surface area (Å²) in [4.78, 5) is 67.0. The normalized spacial score (nSPS) is 14.9. The maximum absolute atomic E-state index is 13.3. The number of non-ortho nitro benzene ring substituents is 1. The van der Waals surface area contributed by atoms with Crippen molar-refractivity contribution in [1.82, 2.24) is 9.99 Å². The van der Waals surface area contributed by atoms with Crippen LogP contribution in [0.15, 0.2) is 84.0 Å². The first-order chi connectivity index (χ1) is 17.8. The minimum absolute atomic E-state index is 0.0536. The number of para-hydroxylation sites is 1. The average molecular weight is 513 g/mol. The van der Waals surface area contributed by atoms with Gasteiger partial charge < -0.3 is 0 Å². The number of nitro groups is 1. The number of hydrazone groups is 1. The zero-order valence-electron chi connectivity index (χ0n) is 18.7. The van der Waals surface area contributed by atoms with Crippen molar-refractivity contribution in [1.29, 1.82) is 0 Å². The Kier molecular flexibility index (Phi) is 6.07. The standard InChI is InChI=1S/C25H15N5O6S/c31-21(22(32)27-25-26-17-8-4-5-9-18(17)37-25)19-20(14-6-2-1-3-7-14)28-29(24(19)34)23(33)15-10-12-16(13-11-15)30(35)36/h1-13,19H,(H,26,27,32)/t19-/m1/s1. The van der Waals surface area contributed by atoms with Gasteiger partial charge in [0.05, 0.1) is 20.9 Å². The highest BCUT2D eigenvalue weighted by molar-refractivity contribution is 7.22. The molecule has 3 amide bonds. The SMILES string of the molecule is O=C(Nc1nc2ccccc2s1)C(=O)[C@@H]1C(=O)N(C(=O)c2ccc([N+](=O)[O-])cc2)N=C1c1ccccc1. The van der Waals surface area contributed by atoms with Gasteiger partial charge >= 0.3 is 0 Å². The highest BCUT2D eigenvalue weighted by Gasteiger charge is 2.46. The molecule has 37 heavy (non-hydrogen) atoms. The first-order valence-electron chi connectivity index (χ1n) is 10.8. The van der Waals surface area contributed by atoms with Crippen LogP contribution in [0.2, 0.25) is 0 Å². The first-order valence-corrected chi connectivity index (χ1v) is 11.6. The van der Waals surface area contributed by atoms with Crippen LogP contribution in [0.5, 0.6) is 0 Å². The molecule has 0 saturated carbocycles. The van der Waals surface area contributed by atoms with Gasteiger partial charge in [-0.25, -0.2) is 4.98 Å². The molecular formula is C25H15N5O6S. The van der Waals surface area contributed by atoms with Crippen LogP contribution in [0.4, 0.5) is 10.8 Å². The molecule has 11 nitrogen and oxygen atoms in total. The summed E-state index contributed by atoms with van der Waals surface area (Å²) in [6, 6.07) is 20.0. The van der Waals surface area contributed by atoms with Crippen molar-refractivity contribution in [2.24, 2.45) is 11.0 Å². The van der Waals surface area contributed by atoms with Gasteiger partial charge in [-0.2, -0.15) is 10.1 Å². The Hall–Kier alpha value is -5.10. The molecule has 3 aromatic carbocycles. The van der Waals surface area contributed by atoms with E-state index in [1.807, 2.05) is 12.1 Å². The molecule has 0 bridgehead atoms. The van der Waals surface area contributed by atoms with E-state index < -0.39 is 34.3 Å². The number of fused-ring (bicyclic) bond motifs is 1. The number of aromatic nitrogens is 1. The smallest absolute Gasteiger partial charge is 0.294 e. The number of hydrogen-bond acceptors (Lipinski definition) is 9. The van der Waals surface area contributed by atoms with Crippen LogP contribution in [-0.4, -0.2) is 44.1 Å². The Bertz CT molecular complexity index is 1580. The number of thiazole rings is 1. The Labute approximate surface area is 212 Å². The molecule has 182 valence electrons. The molecule has 0 saturated heterocycles. The summed E-state index contributed by atoms with van der Waals surface area (Å²) in [5, 5.41) is 18.1. The van der Waals surface area contributed by atoms with E-state index in [2.05, 4.69) is 15.4 Å². The minimum Gasteiger partial charge on any atom is -0.295 e. The maximum Gasteiger partial charge on any atom is 0.294 e. The number of rotatable bonds is 6. The van der Waals surface area contributed by atoms with Gasteiger partial charge in [-0.1, -0.05) is 53.8 Å². The van der Waals surface area contributed by atoms with E-state index in [1.165, 1.54) is 23.5 Å². The van der Waals surface area contributed by atoms with Crippen LogP contribution in [0.3, 0.4) is 0 Å². The molecule has 1 atom stereocenters. The number of benzene rings is 3. The quantitative estimate of drug-likeness (QED) is 0.136. The van der Waals surface area contributed by atoms with Crippen LogP contribution in [0, 0.1) is 16.0 Å². The highest BCUT2D eigenvalue weighted by Crippen LogP contribution is 2.28. The van der Waals surface area contributed by atoms with Crippen molar-refractivity contribution >= 4 is 61.6 Å². The van der Waals surface area contributed by atoms with Gasteiger partial charge in [0.25, 0.3) is 23.4 Å². The van der Waals surface area contributed by atoms with Gasteiger partial charge in [-0.3, -0.25) is 34.6 Å². The van der Waals surface area contributed by atoms with E-state index in [0.717, 1.165) is 16.8 Å². The number of carbonyl (C=O) groups excluding carboxylic acids is 4. The van der Waals surface area contributed by atoms with Gasteiger partial charge in [0.15, 0.2) is 11.0 Å². The van der Waals surface area contributed by atoms with Crippen LogP contribution in [-0.2, 0) is 14.4 Å². The second kappa shape index (κ2) is 9.51. The summed E-state index contributed by atoms with van der Waals surface area (Å²) in [7, 11) is 0. The monoisotopic (exact) mass is 513 g/mol. The van der Waals surface area contributed by atoms with Gasteiger partial charge in [0, 0.05) is 17.7 Å². The Balaban J connectivity index is 1.44. The molecule has 0 aliphatic carbocycles. The molecule has 0 radical (unpaired) electrons. The van der Waals surface area contributed by atoms with E-state index in [1.54, 1.807) is 42.5 Å². The number of imide groups is 1. The number of amides is 3. The van der Waals surface area contributed by atoms with Crippen LogP contribution in [0.25, 0.3) is 10.2 Å². The van der Waals surface area contributed by atoms with Crippen LogP contribution in [0.1, 0.15) is 15.9 Å². The zero-order valence-corrected chi connectivity index (χ0v) is 19.5. The van der Waals surface area contributed by atoms with Crippen molar-refractivity contribution in [3.63, 3.8) is 0 Å². The first kappa shape index (κ1) is 23.6. The molecule has 5 rings (SSSR count). The second-order valence-electron chi connectivity index (χ2n) is 7.85. The summed E-state index contributed by atoms with van der Waals surface area (Å²) in [6.07, 6.45) is 0. The summed E-state index contributed by atoms with van der Waals surface area (Å²) >= 11 is 1.17. The van der Waals surface area contributed by atoms with E-state index in [9.17, 15) is 29.3 Å². The van der Waals surface area contributed by atoms with Gasteiger partial charge in [-0.15, -0.1) is 0 Å². The molecule has 2 heterocycles. The fourth-order valence-corrected chi connectivity index (χ4v) is 4.59. The Morgan fingerprint density at radius 2 is 1.62 bits per heavy atom. The average Bonchev–Trinajstić information content (AvgIpc) is 3.48. The summed E-state index contributed by atoms with van der Waals surface area (Å²) < 4.78 is 0.800. The van der Waals surface area contributed by atoms with E-state index >= 15 is 0 Å². The van der Waals surface area contributed by atoms with Crippen molar-refractivity contribution in [2.75, 3.05) is 5.32 Å². The lowest BCUT2D eigenvalue weighted by Crippen LogP contribution is -2.41. The number of nitro benzene ring substituents is 1. The molecule has 1 aliphatic rings. The lowest BCUT2D eigenvalue weighted by molar-refractivity contribution is -0.384. The molecule has 0 spiro atoms. The van der Waals surface area contributed by atoms with Crippen LogP contribution >= 0.6 is 11.3 Å². The third kappa shape index (κ3) is 4.48. The molecule has 12 heteroatoms. The van der Waals surface area contributed by atoms with Crippen molar-refractivity contribution < 1.29 is 24.1 Å². The number of hydrogen-bond donors (Lipinski definition) is 1. The van der Waals surface area contributed by atoms with Crippen molar-refractivity contribution in [3.05, 3.63) is 100 Å². The molecular weight excluding hydrogens is 498 g/mol. The Morgan fingerprint density at radius 1 is 0.946 bits per heavy atom. The van der Waals surface area contributed by atoms with Gasteiger partial charge in [0.2, 0.25) is 5.78 Å². The predicted molar refractivity (Wildman–Crippen MR) is 134 cm³/mol. The summed E-state index contributed by atoms with van der Waals surface area (Å²) in [5.41, 5.74) is 0.657. The molecule has 1 aromatic heterocycles. The number of nitrogens with one attached hydrogen (secondary N) is 1. The molecule has 1 aliphatic heterocycles. The highest BCUT2D eigenvalue weighted by atomic mass is 32.1. The van der Waals surface area contributed by atoms with Gasteiger partial charge in [-0.05, 0) is 29.8 Å².